The van der Waals surface area contributed by atoms with Crippen LogP contribution < -0.4 is 5.32 Å². The summed E-state index contributed by atoms with van der Waals surface area (Å²) in [4.78, 5) is 22.8. The fourth-order valence-corrected chi connectivity index (χ4v) is 1.89. The van der Waals surface area contributed by atoms with Crippen molar-refractivity contribution in [3.63, 3.8) is 0 Å². The van der Waals surface area contributed by atoms with E-state index in [4.69, 9.17) is 4.74 Å². The zero-order valence-corrected chi connectivity index (χ0v) is 12.7. The van der Waals surface area contributed by atoms with E-state index in [1.807, 2.05) is 20.8 Å². The van der Waals surface area contributed by atoms with E-state index in [9.17, 15) is 9.59 Å². The van der Waals surface area contributed by atoms with Gasteiger partial charge in [-0.05, 0) is 6.92 Å². The largest absolute Gasteiger partial charge is 0.461 e. The Balaban J connectivity index is 3.01. The Morgan fingerprint density at radius 2 is 2.00 bits per heavy atom. The molecule has 1 N–H and O–H groups in total. The lowest BCUT2D eigenvalue weighted by molar-refractivity contribution is -0.119. The van der Waals surface area contributed by atoms with E-state index in [2.05, 4.69) is 15.6 Å². The number of hydrogen-bond donors (Lipinski definition) is 1. The topological polar surface area (TPSA) is 86.1 Å². The molecule has 0 saturated carbocycles. The summed E-state index contributed by atoms with van der Waals surface area (Å²) in [6.07, 6.45) is 0. The first-order chi connectivity index (χ1) is 9.27. The summed E-state index contributed by atoms with van der Waals surface area (Å²) in [6.45, 7) is 10.3. The van der Waals surface area contributed by atoms with Crippen molar-refractivity contribution in [1.82, 2.24) is 20.3 Å². The van der Waals surface area contributed by atoms with Gasteiger partial charge in [-0.1, -0.05) is 26.0 Å². The molecule has 7 heteroatoms. The number of nitrogens with zero attached hydrogens (tertiary/aromatic N) is 3. The van der Waals surface area contributed by atoms with E-state index in [1.54, 1.807) is 11.6 Å². The van der Waals surface area contributed by atoms with Crippen LogP contribution in [-0.4, -0.2) is 40.0 Å². The van der Waals surface area contributed by atoms with E-state index in [1.165, 1.54) is 6.92 Å². The lowest BCUT2D eigenvalue weighted by atomic mass is 9.90. The van der Waals surface area contributed by atoms with Crippen LogP contribution in [0.5, 0.6) is 0 Å². The van der Waals surface area contributed by atoms with E-state index < -0.39 is 5.97 Å². The second-order valence-corrected chi connectivity index (χ2v) is 5.46. The van der Waals surface area contributed by atoms with Crippen LogP contribution in [0.15, 0.2) is 0 Å². The van der Waals surface area contributed by atoms with Gasteiger partial charge < -0.3 is 10.1 Å². The highest BCUT2D eigenvalue weighted by atomic mass is 16.5. The van der Waals surface area contributed by atoms with Gasteiger partial charge in [-0.15, -0.1) is 5.10 Å². The molecule has 0 saturated heterocycles. The normalized spacial score (nSPS) is 11.2. The number of carbonyl (C=O) groups is 2. The van der Waals surface area contributed by atoms with Gasteiger partial charge in [0.2, 0.25) is 5.91 Å². The highest BCUT2D eigenvalue weighted by molar-refractivity contribution is 5.88. The first kappa shape index (κ1) is 16.1. The molecule has 0 spiro atoms. The predicted molar refractivity (Wildman–Crippen MR) is 73.4 cm³/mol. The molecule has 0 bridgehead atoms. The molecule has 0 atom stereocenters. The number of rotatable bonds is 5. The van der Waals surface area contributed by atoms with E-state index in [-0.39, 0.29) is 17.0 Å². The molecule has 1 rings (SSSR count). The zero-order valence-electron chi connectivity index (χ0n) is 12.7. The molecule has 0 aliphatic heterocycles. The minimum absolute atomic E-state index is 0.104. The van der Waals surface area contributed by atoms with Crippen molar-refractivity contribution in [3.8, 4) is 0 Å². The number of nitrogens with one attached hydrogen (secondary N) is 1. The molecule has 0 aliphatic carbocycles. The Bertz CT molecular complexity index is 488. The number of aromatic nitrogens is 3. The van der Waals surface area contributed by atoms with Crippen molar-refractivity contribution in [3.05, 3.63) is 11.4 Å². The third-order valence-corrected chi connectivity index (χ3v) is 2.61. The third-order valence-electron chi connectivity index (χ3n) is 2.61. The number of ether oxygens (including phenoxy) is 1. The SMILES string of the molecule is CCOC(=O)c1nnn(CCNC(C)=O)c1C(C)(C)C. The van der Waals surface area contributed by atoms with Gasteiger partial charge in [0.25, 0.3) is 0 Å². The van der Waals surface area contributed by atoms with Gasteiger partial charge in [-0.25, -0.2) is 9.48 Å². The average Bonchev–Trinajstić information content (AvgIpc) is 2.72. The molecular weight excluding hydrogens is 260 g/mol. The molecule has 1 aromatic heterocycles. The molecule has 112 valence electrons. The van der Waals surface area contributed by atoms with Gasteiger partial charge in [0.1, 0.15) is 0 Å². The van der Waals surface area contributed by atoms with Crippen LogP contribution in [0.4, 0.5) is 0 Å². The molecule has 1 amide bonds. The minimum atomic E-state index is -0.469. The summed E-state index contributed by atoms with van der Waals surface area (Å²) in [5.74, 6) is -0.573. The first-order valence-electron chi connectivity index (χ1n) is 6.63. The second-order valence-electron chi connectivity index (χ2n) is 5.46. The fourth-order valence-electron chi connectivity index (χ4n) is 1.89. The van der Waals surface area contributed by atoms with Gasteiger partial charge in [-0.3, -0.25) is 4.79 Å². The molecule has 20 heavy (non-hydrogen) atoms. The van der Waals surface area contributed by atoms with Gasteiger partial charge >= 0.3 is 5.97 Å². The molecule has 1 aromatic rings. The average molecular weight is 282 g/mol. The predicted octanol–water partition coefficient (Wildman–Crippen LogP) is 0.888. The fraction of sp³-hybridized carbons (Fsp3) is 0.692. The monoisotopic (exact) mass is 282 g/mol. The van der Waals surface area contributed by atoms with Crippen molar-refractivity contribution in [2.24, 2.45) is 0 Å². The highest BCUT2D eigenvalue weighted by Crippen LogP contribution is 2.25. The summed E-state index contributed by atoms with van der Waals surface area (Å²) >= 11 is 0. The molecule has 0 aliphatic rings. The minimum Gasteiger partial charge on any atom is -0.461 e. The van der Waals surface area contributed by atoms with Gasteiger partial charge in [-0.2, -0.15) is 0 Å². The Hall–Kier alpha value is -1.92. The Morgan fingerprint density at radius 3 is 2.50 bits per heavy atom. The maximum atomic E-state index is 11.9. The Labute approximate surface area is 118 Å². The van der Waals surface area contributed by atoms with Crippen molar-refractivity contribution in [2.75, 3.05) is 13.2 Å². The van der Waals surface area contributed by atoms with Gasteiger partial charge in [0, 0.05) is 18.9 Å². The number of amides is 1. The zero-order chi connectivity index (χ0) is 15.3. The Kier molecular flexibility index (Phi) is 5.24. The summed E-state index contributed by atoms with van der Waals surface area (Å²) in [7, 11) is 0. The lowest BCUT2D eigenvalue weighted by Crippen LogP contribution is -2.28. The molecule has 0 radical (unpaired) electrons. The molecule has 0 fully saturated rings. The van der Waals surface area contributed by atoms with Crippen LogP contribution >= 0.6 is 0 Å². The van der Waals surface area contributed by atoms with Crippen molar-refractivity contribution in [1.29, 1.82) is 0 Å². The maximum Gasteiger partial charge on any atom is 0.360 e. The van der Waals surface area contributed by atoms with E-state index >= 15 is 0 Å². The van der Waals surface area contributed by atoms with Crippen LogP contribution in [-0.2, 0) is 21.5 Å². The first-order valence-corrected chi connectivity index (χ1v) is 6.63. The molecular formula is C13H22N4O3. The summed E-state index contributed by atoms with van der Waals surface area (Å²) in [5.41, 5.74) is 0.644. The van der Waals surface area contributed by atoms with Crippen LogP contribution in [0.1, 0.15) is 50.8 Å². The van der Waals surface area contributed by atoms with E-state index in [0.29, 0.717) is 25.4 Å². The highest BCUT2D eigenvalue weighted by Gasteiger charge is 2.29. The third kappa shape index (κ3) is 4.04. The summed E-state index contributed by atoms with van der Waals surface area (Å²) < 4.78 is 6.64. The molecule has 7 nitrogen and oxygen atoms in total. The van der Waals surface area contributed by atoms with Crippen LogP contribution in [0.3, 0.4) is 0 Å². The van der Waals surface area contributed by atoms with Crippen LogP contribution in [0, 0.1) is 0 Å². The van der Waals surface area contributed by atoms with Gasteiger partial charge in [0.15, 0.2) is 5.69 Å². The second kappa shape index (κ2) is 6.49. The molecule has 0 unspecified atom stereocenters. The molecule has 1 heterocycles. The van der Waals surface area contributed by atoms with Crippen LogP contribution in [0.2, 0.25) is 0 Å². The van der Waals surface area contributed by atoms with Gasteiger partial charge in [0.05, 0.1) is 18.8 Å². The number of carbonyl (C=O) groups excluding carboxylic acids is 2. The van der Waals surface area contributed by atoms with Crippen molar-refractivity contribution in [2.45, 2.75) is 46.6 Å². The summed E-state index contributed by atoms with van der Waals surface area (Å²) in [6, 6.07) is 0. The number of esters is 1. The Morgan fingerprint density at radius 1 is 1.35 bits per heavy atom. The van der Waals surface area contributed by atoms with Crippen molar-refractivity contribution >= 4 is 11.9 Å². The standard InChI is InChI=1S/C13H22N4O3/c1-6-20-12(19)10-11(13(3,4)5)17(16-15-10)8-7-14-9(2)18/h6-8H2,1-5H3,(H,14,18). The quantitative estimate of drug-likeness (QED) is 0.810. The van der Waals surface area contributed by atoms with Crippen molar-refractivity contribution < 1.29 is 14.3 Å². The summed E-state index contributed by atoms with van der Waals surface area (Å²) in [5, 5.41) is 10.6. The maximum absolute atomic E-state index is 11.9. The van der Waals surface area contributed by atoms with Crippen LogP contribution in [0.25, 0.3) is 0 Å². The molecule has 0 aromatic carbocycles. The number of hydrogen-bond acceptors (Lipinski definition) is 5. The van der Waals surface area contributed by atoms with E-state index in [0.717, 1.165) is 0 Å². The lowest BCUT2D eigenvalue weighted by Gasteiger charge is -2.20. The smallest absolute Gasteiger partial charge is 0.360 e.